The Morgan fingerprint density at radius 3 is 2.58 bits per heavy atom. The van der Waals surface area contributed by atoms with Crippen molar-refractivity contribution in [2.45, 2.75) is 19.9 Å². The number of allylic oxidation sites excluding steroid dienone is 1. The summed E-state index contributed by atoms with van der Waals surface area (Å²) >= 11 is 0. The Morgan fingerprint density at radius 2 is 1.85 bits per heavy atom. The highest BCUT2D eigenvalue weighted by molar-refractivity contribution is 7.92. The van der Waals surface area contributed by atoms with Gasteiger partial charge in [-0.05, 0) is 61.0 Å². The highest BCUT2D eigenvalue weighted by Crippen LogP contribution is 2.26. The van der Waals surface area contributed by atoms with Gasteiger partial charge < -0.3 is 15.4 Å². The highest BCUT2D eigenvalue weighted by atomic mass is 32.2. The number of sulfonamides is 1. The summed E-state index contributed by atoms with van der Waals surface area (Å²) in [5.74, 6) is 2.56. The fourth-order valence-electron chi connectivity index (χ4n) is 3.73. The molecule has 40 heavy (non-hydrogen) atoms. The molecule has 0 aliphatic rings. The van der Waals surface area contributed by atoms with Crippen molar-refractivity contribution in [3.8, 4) is 11.5 Å². The average molecular weight is 559 g/mol. The molecule has 2 aromatic carbocycles. The van der Waals surface area contributed by atoms with Crippen LogP contribution >= 0.6 is 0 Å². The molecule has 4 rings (SSSR count). The van der Waals surface area contributed by atoms with Crippen LogP contribution in [0.5, 0.6) is 11.5 Å². The Bertz CT molecular complexity index is 1620. The molecule has 0 unspecified atom stereocenters. The normalized spacial score (nSPS) is 11.0. The van der Waals surface area contributed by atoms with E-state index >= 15 is 0 Å². The van der Waals surface area contributed by atoms with Crippen molar-refractivity contribution < 1.29 is 17.9 Å². The van der Waals surface area contributed by atoms with Crippen LogP contribution in [-0.4, -0.2) is 42.5 Å². The maximum Gasteiger partial charge on any atom is 0.233 e. The lowest BCUT2D eigenvalue weighted by Crippen LogP contribution is -2.27. The van der Waals surface area contributed by atoms with Crippen molar-refractivity contribution in [1.29, 1.82) is 0 Å². The zero-order valence-corrected chi connectivity index (χ0v) is 23.3. The molecule has 0 fully saturated rings. The molecular weight excluding hydrogens is 528 g/mol. The Morgan fingerprint density at radius 1 is 1.07 bits per heavy atom. The largest absolute Gasteiger partial charge is 0.457 e. The Hall–Kier alpha value is -4.77. The molecule has 10 nitrogen and oxygen atoms in total. The first-order valence-corrected chi connectivity index (χ1v) is 14.2. The minimum absolute atomic E-state index is 0.0503. The molecule has 0 saturated carbocycles. The number of pyridine rings is 1. The summed E-state index contributed by atoms with van der Waals surface area (Å²) in [7, 11) is -1.98. The molecule has 0 bridgehead atoms. The van der Waals surface area contributed by atoms with Crippen LogP contribution < -0.4 is 19.7 Å². The van der Waals surface area contributed by atoms with Gasteiger partial charge in [0, 0.05) is 49.2 Å². The second kappa shape index (κ2) is 12.4. The van der Waals surface area contributed by atoms with Gasteiger partial charge in [-0.3, -0.25) is 9.10 Å². The quantitative estimate of drug-likeness (QED) is 0.230. The van der Waals surface area contributed by atoms with E-state index in [1.807, 2.05) is 61.5 Å². The summed E-state index contributed by atoms with van der Waals surface area (Å²) in [5.41, 5.74) is 3.14. The van der Waals surface area contributed by atoms with Gasteiger partial charge in [-0.15, -0.1) is 0 Å². The molecule has 0 saturated heterocycles. The number of aromatic nitrogens is 3. The van der Waals surface area contributed by atoms with E-state index < -0.39 is 10.0 Å². The molecular formula is C29H30N6O4S. The number of ether oxygens (including phenoxy) is 1. The fraction of sp³-hybridized carbons (Fsp3) is 0.172. The van der Waals surface area contributed by atoms with E-state index in [2.05, 4.69) is 32.2 Å². The number of nitrogens with zero attached hydrogens (tertiary/aromatic N) is 4. The van der Waals surface area contributed by atoms with Gasteiger partial charge >= 0.3 is 0 Å². The summed E-state index contributed by atoms with van der Waals surface area (Å²) in [4.78, 5) is 24.8. The van der Waals surface area contributed by atoms with E-state index in [1.165, 1.54) is 13.1 Å². The number of anilines is 4. The number of benzene rings is 2. The smallest absolute Gasteiger partial charge is 0.233 e. The maximum atomic E-state index is 12.0. The van der Waals surface area contributed by atoms with E-state index in [9.17, 15) is 13.2 Å². The Labute approximate surface area is 233 Å². The van der Waals surface area contributed by atoms with Gasteiger partial charge in [-0.1, -0.05) is 24.8 Å². The van der Waals surface area contributed by atoms with E-state index in [0.29, 0.717) is 41.2 Å². The Kier molecular flexibility index (Phi) is 8.75. The van der Waals surface area contributed by atoms with Crippen LogP contribution in [0.4, 0.5) is 23.3 Å². The molecule has 0 radical (unpaired) electrons. The topological polar surface area (TPSA) is 126 Å². The zero-order valence-electron chi connectivity index (χ0n) is 22.5. The fourth-order valence-corrected chi connectivity index (χ4v) is 4.21. The summed E-state index contributed by atoms with van der Waals surface area (Å²) in [6, 6.07) is 18.3. The van der Waals surface area contributed by atoms with Gasteiger partial charge in [-0.2, -0.15) is 4.98 Å². The van der Waals surface area contributed by atoms with E-state index in [0.717, 1.165) is 27.4 Å². The van der Waals surface area contributed by atoms with Crippen LogP contribution in [-0.2, 0) is 27.8 Å². The second-order valence-corrected chi connectivity index (χ2v) is 11.1. The molecule has 11 heteroatoms. The zero-order chi connectivity index (χ0) is 28.7. The van der Waals surface area contributed by atoms with Crippen molar-refractivity contribution >= 4 is 39.1 Å². The first-order valence-electron chi connectivity index (χ1n) is 12.4. The molecule has 4 aromatic rings. The summed E-state index contributed by atoms with van der Waals surface area (Å²) in [6.07, 6.45) is 5.98. The van der Waals surface area contributed by atoms with Gasteiger partial charge in [0.15, 0.2) is 5.78 Å². The minimum Gasteiger partial charge on any atom is -0.457 e. The number of nitrogens with one attached hydrogen (secondary N) is 2. The van der Waals surface area contributed by atoms with Crippen molar-refractivity contribution in [1.82, 2.24) is 15.0 Å². The van der Waals surface area contributed by atoms with Crippen molar-refractivity contribution in [3.63, 3.8) is 0 Å². The molecule has 2 aromatic heterocycles. The maximum absolute atomic E-state index is 12.0. The van der Waals surface area contributed by atoms with Gasteiger partial charge in [0.05, 0.1) is 6.26 Å². The van der Waals surface area contributed by atoms with Crippen molar-refractivity contribution in [3.05, 3.63) is 102 Å². The minimum atomic E-state index is -3.46. The summed E-state index contributed by atoms with van der Waals surface area (Å²) in [5, 5.41) is 6.44. The van der Waals surface area contributed by atoms with Crippen LogP contribution in [0.3, 0.4) is 0 Å². The predicted molar refractivity (Wildman–Crippen MR) is 157 cm³/mol. The number of hydrogen-bond donors (Lipinski definition) is 2. The first kappa shape index (κ1) is 28.2. The van der Waals surface area contributed by atoms with Gasteiger partial charge in [-0.25, -0.2) is 18.4 Å². The van der Waals surface area contributed by atoms with Gasteiger partial charge in [0.1, 0.15) is 23.1 Å². The lowest BCUT2D eigenvalue weighted by molar-refractivity contribution is -0.114. The van der Waals surface area contributed by atoms with Crippen LogP contribution in [0, 0.1) is 6.92 Å². The lowest BCUT2D eigenvalue weighted by atomic mass is 10.1. The number of rotatable bonds is 12. The number of aryl methyl sites for hydroxylation is 1. The van der Waals surface area contributed by atoms with E-state index in [-0.39, 0.29) is 12.2 Å². The molecule has 2 N–H and O–H groups in total. The third-order valence-electron chi connectivity index (χ3n) is 5.93. The van der Waals surface area contributed by atoms with Crippen LogP contribution in [0.25, 0.3) is 0 Å². The van der Waals surface area contributed by atoms with Crippen LogP contribution in [0.1, 0.15) is 16.7 Å². The predicted octanol–water partition coefficient (Wildman–Crippen LogP) is 5.02. The van der Waals surface area contributed by atoms with Gasteiger partial charge in [0.25, 0.3) is 0 Å². The summed E-state index contributed by atoms with van der Waals surface area (Å²) < 4.78 is 31.1. The van der Waals surface area contributed by atoms with E-state index in [4.69, 9.17) is 4.74 Å². The molecule has 0 amide bonds. The van der Waals surface area contributed by atoms with Crippen molar-refractivity contribution in [2.24, 2.45) is 0 Å². The molecule has 0 aliphatic heterocycles. The van der Waals surface area contributed by atoms with Crippen LogP contribution in [0.2, 0.25) is 0 Å². The first-order chi connectivity index (χ1) is 19.1. The lowest BCUT2D eigenvalue weighted by Gasteiger charge is -2.19. The molecule has 0 spiro atoms. The Balaban J connectivity index is 1.42. The van der Waals surface area contributed by atoms with E-state index in [1.54, 1.807) is 18.5 Å². The number of ketones is 1. The number of carbonyl (C=O) groups excluding carboxylic acids is 1. The van der Waals surface area contributed by atoms with Gasteiger partial charge in [0.2, 0.25) is 16.0 Å². The van der Waals surface area contributed by atoms with Crippen LogP contribution in [0.15, 0.2) is 85.7 Å². The second-order valence-electron chi connectivity index (χ2n) is 9.04. The third kappa shape index (κ3) is 7.41. The summed E-state index contributed by atoms with van der Waals surface area (Å²) in [6.45, 7) is 5.71. The van der Waals surface area contributed by atoms with Crippen molar-refractivity contribution in [2.75, 3.05) is 28.2 Å². The average Bonchev–Trinajstić information content (AvgIpc) is 2.94. The molecule has 2 heterocycles. The molecule has 206 valence electrons. The molecule has 0 aliphatic carbocycles. The number of hydrogen-bond acceptors (Lipinski definition) is 9. The number of carbonyl (C=O) groups is 1. The standard InChI is InChI=1S/C29H30N6O4S/c1-5-24(36)16-21-8-6-10-26(17-21)39-25-13-11-23(12-14-25)33-29-32-18-20(2)27(34-29)31-19-22-9-7-15-30-28(22)35(3)40(4,37)38/h5-15,17-18H,1,16,19H2,2-4H3,(H2,31,32,33,34). The SMILES string of the molecule is C=CC(=O)Cc1cccc(Oc2ccc(Nc3ncc(C)c(NCc4cccnc4N(C)S(C)(=O)=O)n3)cc2)c1. The molecule has 0 atom stereocenters. The third-order valence-corrected chi connectivity index (χ3v) is 7.10. The monoisotopic (exact) mass is 558 g/mol. The highest BCUT2D eigenvalue weighted by Gasteiger charge is 2.17.